The number of anilines is 1. The third-order valence-electron chi connectivity index (χ3n) is 5.78. The van der Waals surface area contributed by atoms with Crippen LogP contribution in [0, 0.1) is 20.8 Å². The molecule has 0 spiro atoms. The van der Waals surface area contributed by atoms with Crippen molar-refractivity contribution in [3.05, 3.63) is 81.5 Å². The van der Waals surface area contributed by atoms with Crippen LogP contribution in [0.1, 0.15) is 33.0 Å². The number of hydrogen-bond donors (Lipinski definition) is 1. The minimum absolute atomic E-state index is 0.677. The molecule has 5 nitrogen and oxygen atoms in total. The molecule has 0 saturated carbocycles. The summed E-state index contributed by atoms with van der Waals surface area (Å²) in [4.78, 5) is 14.5. The Hall–Kier alpha value is -2.96. The Balaban J connectivity index is 1.59. The van der Waals surface area contributed by atoms with E-state index >= 15 is 0 Å². The molecule has 0 fully saturated rings. The number of nitrogens with zero attached hydrogens (tertiary/aromatic N) is 3. The van der Waals surface area contributed by atoms with Gasteiger partial charge < -0.3 is 10.1 Å². The highest BCUT2D eigenvalue weighted by Gasteiger charge is 2.16. The van der Waals surface area contributed by atoms with Gasteiger partial charge in [-0.3, -0.25) is 4.90 Å². The zero-order chi connectivity index (χ0) is 22.7. The van der Waals surface area contributed by atoms with Crippen molar-refractivity contribution in [1.82, 2.24) is 14.9 Å². The van der Waals surface area contributed by atoms with E-state index in [0.29, 0.717) is 13.1 Å². The molecule has 2 heterocycles. The molecule has 0 bridgehead atoms. The summed E-state index contributed by atoms with van der Waals surface area (Å²) in [6.45, 7) is 8.69. The number of aryl methyl sites for hydroxylation is 3. The van der Waals surface area contributed by atoms with Gasteiger partial charge in [-0.05, 0) is 62.2 Å². The smallest absolute Gasteiger partial charge is 0.146 e. The molecule has 6 heteroatoms. The molecule has 32 heavy (non-hydrogen) atoms. The predicted octanol–water partition coefficient (Wildman–Crippen LogP) is 5.87. The molecular weight excluding hydrogens is 416 g/mol. The molecule has 0 aliphatic heterocycles. The van der Waals surface area contributed by atoms with E-state index in [2.05, 4.69) is 68.4 Å². The molecule has 2 aromatic carbocycles. The zero-order valence-corrected chi connectivity index (χ0v) is 20.2. The molecule has 1 N–H and O–H groups in total. The Bertz CT molecular complexity index is 1230. The maximum absolute atomic E-state index is 5.36. The number of nitrogens with one attached hydrogen (secondary N) is 1. The number of rotatable bonds is 8. The lowest BCUT2D eigenvalue weighted by atomic mass is 10.1. The number of ether oxygens (including phenoxy) is 1. The summed E-state index contributed by atoms with van der Waals surface area (Å²) in [6.07, 6.45) is 0. The molecule has 0 atom stereocenters. The van der Waals surface area contributed by atoms with Crippen molar-refractivity contribution >= 4 is 27.4 Å². The third-order valence-corrected chi connectivity index (χ3v) is 6.88. The lowest BCUT2D eigenvalue weighted by Gasteiger charge is -2.18. The molecule has 0 radical (unpaired) electrons. The molecule has 0 saturated heterocycles. The average molecular weight is 447 g/mol. The van der Waals surface area contributed by atoms with Gasteiger partial charge in [0.25, 0.3) is 0 Å². The molecule has 0 unspecified atom stereocenters. The van der Waals surface area contributed by atoms with E-state index < -0.39 is 0 Å². The predicted molar refractivity (Wildman–Crippen MR) is 134 cm³/mol. The molecule has 0 aliphatic carbocycles. The van der Waals surface area contributed by atoms with Crippen LogP contribution in [0.5, 0.6) is 5.75 Å². The van der Waals surface area contributed by atoms with Gasteiger partial charge in [-0.25, -0.2) is 9.97 Å². The van der Waals surface area contributed by atoms with Gasteiger partial charge in [0.1, 0.15) is 22.2 Å². The van der Waals surface area contributed by atoms with Gasteiger partial charge >= 0.3 is 0 Å². The monoisotopic (exact) mass is 446 g/mol. The molecule has 4 aromatic rings. The van der Waals surface area contributed by atoms with Gasteiger partial charge in [-0.2, -0.15) is 0 Å². The van der Waals surface area contributed by atoms with Crippen molar-refractivity contribution in [1.29, 1.82) is 0 Å². The van der Waals surface area contributed by atoms with Crippen LogP contribution in [0.3, 0.4) is 0 Å². The van der Waals surface area contributed by atoms with Gasteiger partial charge in [0.05, 0.1) is 19.0 Å². The summed E-state index contributed by atoms with van der Waals surface area (Å²) in [7, 11) is 3.81. The molecule has 0 aliphatic rings. The minimum Gasteiger partial charge on any atom is -0.497 e. The van der Waals surface area contributed by atoms with Crippen LogP contribution in [-0.4, -0.2) is 29.0 Å². The molecule has 0 amide bonds. The van der Waals surface area contributed by atoms with E-state index in [9.17, 15) is 0 Å². The quantitative estimate of drug-likeness (QED) is 0.367. The summed E-state index contributed by atoms with van der Waals surface area (Å²) >= 11 is 1.74. The topological polar surface area (TPSA) is 50.3 Å². The van der Waals surface area contributed by atoms with Gasteiger partial charge in [-0.1, -0.05) is 36.4 Å². The summed E-state index contributed by atoms with van der Waals surface area (Å²) in [5.41, 5.74) is 5.04. The standard InChI is InChI=1S/C26H30N4OS/c1-17-9-6-7-11-21(17)15-30(4)16-23-28-25(24-18(2)19(3)32-26(24)29-23)27-14-20-10-8-12-22(13-20)31-5/h6-13H,14-16H2,1-5H3,(H,27,28,29). The fourth-order valence-corrected chi connectivity index (χ4v) is 4.88. The third kappa shape index (κ3) is 4.92. The normalized spacial score (nSPS) is 11.3. The fourth-order valence-electron chi connectivity index (χ4n) is 3.84. The first kappa shape index (κ1) is 22.2. The van der Waals surface area contributed by atoms with Crippen LogP contribution in [0.15, 0.2) is 48.5 Å². The van der Waals surface area contributed by atoms with Crippen molar-refractivity contribution in [2.24, 2.45) is 0 Å². The largest absolute Gasteiger partial charge is 0.497 e. The maximum atomic E-state index is 5.36. The Morgan fingerprint density at radius 3 is 2.59 bits per heavy atom. The highest BCUT2D eigenvalue weighted by molar-refractivity contribution is 7.18. The highest BCUT2D eigenvalue weighted by atomic mass is 32.1. The first-order valence-corrected chi connectivity index (χ1v) is 11.6. The molecule has 166 valence electrons. The van der Waals surface area contributed by atoms with Crippen molar-refractivity contribution < 1.29 is 4.74 Å². The van der Waals surface area contributed by atoms with E-state index in [0.717, 1.165) is 39.7 Å². The lowest BCUT2D eigenvalue weighted by molar-refractivity contribution is 0.310. The fraction of sp³-hybridized carbons (Fsp3) is 0.308. The van der Waals surface area contributed by atoms with Crippen LogP contribution in [-0.2, 0) is 19.6 Å². The van der Waals surface area contributed by atoms with Crippen LogP contribution in [0.25, 0.3) is 10.2 Å². The number of hydrogen-bond acceptors (Lipinski definition) is 6. The first-order valence-electron chi connectivity index (χ1n) is 10.8. The van der Waals surface area contributed by atoms with E-state index in [1.807, 2.05) is 18.2 Å². The van der Waals surface area contributed by atoms with E-state index in [1.54, 1.807) is 18.4 Å². The number of aromatic nitrogens is 2. The van der Waals surface area contributed by atoms with Crippen molar-refractivity contribution in [3.8, 4) is 5.75 Å². The Kier molecular flexibility index (Phi) is 6.72. The van der Waals surface area contributed by atoms with Gasteiger partial charge in [-0.15, -0.1) is 11.3 Å². The molecule has 4 rings (SSSR count). The number of fused-ring (bicyclic) bond motifs is 1. The Morgan fingerprint density at radius 2 is 1.81 bits per heavy atom. The summed E-state index contributed by atoms with van der Waals surface area (Å²) in [5.74, 6) is 2.60. The van der Waals surface area contributed by atoms with Crippen LogP contribution in [0.4, 0.5) is 5.82 Å². The van der Waals surface area contributed by atoms with Crippen LogP contribution in [0.2, 0.25) is 0 Å². The van der Waals surface area contributed by atoms with E-state index in [-0.39, 0.29) is 0 Å². The van der Waals surface area contributed by atoms with Crippen molar-refractivity contribution in [2.75, 3.05) is 19.5 Å². The second-order valence-corrected chi connectivity index (χ2v) is 9.46. The zero-order valence-electron chi connectivity index (χ0n) is 19.4. The second-order valence-electron chi connectivity index (χ2n) is 8.26. The number of thiophene rings is 1. The molecular formula is C26H30N4OS. The highest BCUT2D eigenvalue weighted by Crippen LogP contribution is 2.33. The van der Waals surface area contributed by atoms with Gasteiger partial charge in [0.2, 0.25) is 0 Å². The Morgan fingerprint density at radius 1 is 1.00 bits per heavy atom. The summed E-state index contributed by atoms with van der Waals surface area (Å²) in [5, 5.41) is 4.69. The van der Waals surface area contributed by atoms with Crippen LogP contribution < -0.4 is 10.1 Å². The Labute approximate surface area is 194 Å². The van der Waals surface area contributed by atoms with Crippen LogP contribution >= 0.6 is 11.3 Å². The summed E-state index contributed by atoms with van der Waals surface area (Å²) in [6, 6.07) is 16.6. The van der Waals surface area contributed by atoms with E-state index in [1.165, 1.54) is 21.6 Å². The summed E-state index contributed by atoms with van der Waals surface area (Å²) < 4.78 is 5.36. The maximum Gasteiger partial charge on any atom is 0.146 e. The van der Waals surface area contributed by atoms with Crippen molar-refractivity contribution in [3.63, 3.8) is 0 Å². The first-order chi connectivity index (χ1) is 15.4. The SMILES string of the molecule is COc1cccc(CNc2nc(CN(C)Cc3ccccc3C)nc3sc(C)c(C)c23)c1. The van der Waals surface area contributed by atoms with Gasteiger partial charge in [0, 0.05) is 18.0 Å². The van der Waals surface area contributed by atoms with E-state index in [4.69, 9.17) is 14.7 Å². The number of methoxy groups -OCH3 is 1. The second kappa shape index (κ2) is 9.67. The van der Waals surface area contributed by atoms with Gasteiger partial charge in [0.15, 0.2) is 0 Å². The lowest BCUT2D eigenvalue weighted by Crippen LogP contribution is -2.20. The minimum atomic E-state index is 0.677. The van der Waals surface area contributed by atoms with Crippen molar-refractivity contribution in [2.45, 2.75) is 40.4 Å². The average Bonchev–Trinajstić information content (AvgIpc) is 3.07. The molecule has 2 aromatic heterocycles. The number of benzene rings is 2.